The van der Waals surface area contributed by atoms with Gasteiger partial charge in [-0.2, -0.15) is 0 Å². The van der Waals surface area contributed by atoms with Gasteiger partial charge in [0.05, 0.1) is 5.57 Å². The van der Waals surface area contributed by atoms with Crippen LogP contribution in [0, 0.1) is 0 Å². The zero-order valence-electron chi connectivity index (χ0n) is 13.2. The monoisotopic (exact) mass is 287 g/mol. The second-order valence-electron chi connectivity index (χ2n) is 5.76. The number of hydrogen-bond donors (Lipinski definition) is 1. The Morgan fingerprint density at radius 1 is 1.19 bits per heavy atom. The van der Waals surface area contributed by atoms with Crippen LogP contribution in [0.3, 0.4) is 0 Å². The SMILES string of the molecule is CC.CN1CCC2(CC=C(C(=O)O)c3ccccc32)CC1. The van der Waals surface area contributed by atoms with E-state index in [4.69, 9.17) is 0 Å². The lowest BCUT2D eigenvalue weighted by atomic mass is 9.65. The lowest BCUT2D eigenvalue weighted by Gasteiger charge is -2.43. The fourth-order valence-corrected chi connectivity index (χ4v) is 3.42. The number of carbonyl (C=O) groups is 1. The molecule has 1 aromatic rings. The minimum Gasteiger partial charge on any atom is -0.478 e. The van der Waals surface area contributed by atoms with Gasteiger partial charge in [-0.3, -0.25) is 0 Å². The summed E-state index contributed by atoms with van der Waals surface area (Å²) in [5, 5.41) is 9.34. The number of allylic oxidation sites excluding steroid dienone is 1. The van der Waals surface area contributed by atoms with Crippen LogP contribution in [0.15, 0.2) is 30.3 Å². The Balaban J connectivity index is 0.000000774. The van der Waals surface area contributed by atoms with Crippen LogP contribution in [0.5, 0.6) is 0 Å². The molecule has 1 N–H and O–H groups in total. The van der Waals surface area contributed by atoms with E-state index in [0.717, 1.165) is 37.9 Å². The van der Waals surface area contributed by atoms with Crippen molar-refractivity contribution in [2.75, 3.05) is 20.1 Å². The van der Waals surface area contributed by atoms with Gasteiger partial charge in [-0.15, -0.1) is 0 Å². The molecule has 1 fully saturated rings. The maximum atomic E-state index is 11.4. The largest absolute Gasteiger partial charge is 0.478 e. The van der Waals surface area contributed by atoms with E-state index in [1.54, 1.807) is 0 Å². The first kappa shape index (κ1) is 15.8. The van der Waals surface area contributed by atoms with Crippen molar-refractivity contribution in [3.63, 3.8) is 0 Å². The van der Waals surface area contributed by atoms with E-state index >= 15 is 0 Å². The van der Waals surface area contributed by atoms with E-state index in [0.29, 0.717) is 5.57 Å². The molecule has 0 amide bonds. The summed E-state index contributed by atoms with van der Waals surface area (Å²) in [6.07, 6.45) is 5.02. The highest BCUT2D eigenvalue weighted by Crippen LogP contribution is 2.45. The maximum Gasteiger partial charge on any atom is 0.335 e. The maximum absolute atomic E-state index is 11.4. The van der Waals surface area contributed by atoms with Gasteiger partial charge in [0.25, 0.3) is 0 Å². The number of aliphatic carboxylic acids is 1. The molecule has 1 aliphatic carbocycles. The molecule has 0 bridgehead atoms. The van der Waals surface area contributed by atoms with Gasteiger partial charge in [0.15, 0.2) is 0 Å². The summed E-state index contributed by atoms with van der Waals surface area (Å²) in [5.74, 6) is -0.810. The molecule has 1 aliphatic heterocycles. The van der Waals surface area contributed by atoms with Gasteiger partial charge in [0.2, 0.25) is 0 Å². The number of fused-ring (bicyclic) bond motifs is 2. The number of hydrogen-bond acceptors (Lipinski definition) is 2. The summed E-state index contributed by atoms with van der Waals surface area (Å²) in [5.41, 5.74) is 2.79. The number of likely N-dealkylation sites (tertiary alicyclic amines) is 1. The van der Waals surface area contributed by atoms with Crippen molar-refractivity contribution in [2.45, 2.75) is 38.5 Å². The number of carboxylic acid groups (broad SMARTS) is 1. The fourth-order valence-electron chi connectivity index (χ4n) is 3.42. The summed E-state index contributed by atoms with van der Waals surface area (Å²) in [4.78, 5) is 13.7. The highest BCUT2D eigenvalue weighted by atomic mass is 16.4. The van der Waals surface area contributed by atoms with Gasteiger partial charge < -0.3 is 10.0 Å². The Bertz CT molecular complexity index is 540. The lowest BCUT2D eigenvalue weighted by Crippen LogP contribution is -2.42. The van der Waals surface area contributed by atoms with Crippen molar-refractivity contribution >= 4 is 11.5 Å². The Hall–Kier alpha value is -1.61. The summed E-state index contributed by atoms with van der Waals surface area (Å²) < 4.78 is 0. The molecular weight excluding hydrogens is 262 g/mol. The van der Waals surface area contributed by atoms with Crippen LogP contribution in [-0.2, 0) is 10.2 Å². The Kier molecular flexibility index (Phi) is 4.84. The van der Waals surface area contributed by atoms with Crippen molar-refractivity contribution < 1.29 is 9.90 Å². The van der Waals surface area contributed by atoms with Crippen LogP contribution in [0.2, 0.25) is 0 Å². The van der Waals surface area contributed by atoms with Crippen LogP contribution in [0.4, 0.5) is 0 Å². The number of rotatable bonds is 1. The molecular formula is C18H25NO2. The molecule has 3 nitrogen and oxygen atoms in total. The highest BCUT2D eigenvalue weighted by molar-refractivity contribution is 6.16. The third-order valence-corrected chi connectivity index (χ3v) is 4.66. The van der Waals surface area contributed by atoms with E-state index in [1.165, 1.54) is 5.56 Å². The molecule has 1 aromatic carbocycles. The van der Waals surface area contributed by atoms with Gasteiger partial charge in [-0.1, -0.05) is 44.2 Å². The Morgan fingerprint density at radius 3 is 2.43 bits per heavy atom. The molecule has 114 valence electrons. The van der Waals surface area contributed by atoms with Crippen LogP contribution >= 0.6 is 0 Å². The summed E-state index contributed by atoms with van der Waals surface area (Å²) >= 11 is 0. The average molecular weight is 287 g/mol. The molecule has 0 radical (unpaired) electrons. The number of piperidine rings is 1. The predicted molar refractivity (Wildman–Crippen MR) is 86.4 cm³/mol. The van der Waals surface area contributed by atoms with Gasteiger partial charge in [0, 0.05) is 5.41 Å². The van der Waals surface area contributed by atoms with E-state index in [-0.39, 0.29) is 5.41 Å². The second kappa shape index (κ2) is 6.44. The molecule has 21 heavy (non-hydrogen) atoms. The first-order valence-electron chi connectivity index (χ1n) is 7.84. The molecule has 1 spiro atoms. The van der Waals surface area contributed by atoms with Crippen molar-refractivity contribution in [2.24, 2.45) is 0 Å². The quantitative estimate of drug-likeness (QED) is 0.858. The summed E-state index contributed by atoms with van der Waals surface area (Å²) in [7, 11) is 2.15. The van der Waals surface area contributed by atoms with Crippen LogP contribution < -0.4 is 0 Å². The molecule has 0 aromatic heterocycles. The van der Waals surface area contributed by atoms with E-state index < -0.39 is 5.97 Å². The topological polar surface area (TPSA) is 40.5 Å². The normalized spacial score (nSPS) is 20.0. The first-order chi connectivity index (χ1) is 10.1. The number of benzene rings is 1. The number of carboxylic acids is 1. The molecule has 0 atom stereocenters. The van der Waals surface area contributed by atoms with Crippen LogP contribution in [-0.4, -0.2) is 36.1 Å². The highest BCUT2D eigenvalue weighted by Gasteiger charge is 2.39. The Labute approximate surface area is 127 Å². The fraction of sp³-hybridized carbons (Fsp3) is 0.500. The minimum absolute atomic E-state index is 0.155. The third kappa shape index (κ3) is 2.88. The van der Waals surface area contributed by atoms with Crippen molar-refractivity contribution in [3.05, 3.63) is 41.5 Å². The van der Waals surface area contributed by atoms with Crippen molar-refractivity contribution in [1.29, 1.82) is 0 Å². The van der Waals surface area contributed by atoms with Gasteiger partial charge in [-0.25, -0.2) is 4.79 Å². The second-order valence-corrected chi connectivity index (χ2v) is 5.76. The smallest absolute Gasteiger partial charge is 0.335 e. The van der Waals surface area contributed by atoms with Gasteiger partial charge >= 0.3 is 5.97 Å². The lowest BCUT2D eigenvalue weighted by molar-refractivity contribution is -0.130. The predicted octanol–water partition coefficient (Wildman–Crippen LogP) is 3.55. The molecule has 1 saturated heterocycles. The zero-order chi connectivity index (χ0) is 15.5. The van der Waals surface area contributed by atoms with Crippen molar-refractivity contribution in [3.8, 4) is 0 Å². The van der Waals surface area contributed by atoms with Crippen LogP contribution in [0.25, 0.3) is 5.57 Å². The summed E-state index contributed by atoms with van der Waals surface area (Å²) in [6.45, 7) is 6.18. The van der Waals surface area contributed by atoms with Gasteiger partial charge in [-0.05, 0) is 50.5 Å². The molecule has 0 saturated carbocycles. The molecule has 1 heterocycles. The van der Waals surface area contributed by atoms with Crippen LogP contribution in [0.1, 0.15) is 44.2 Å². The van der Waals surface area contributed by atoms with E-state index in [9.17, 15) is 9.90 Å². The zero-order valence-corrected chi connectivity index (χ0v) is 13.2. The van der Waals surface area contributed by atoms with Gasteiger partial charge in [0.1, 0.15) is 0 Å². The average Bonchev–Trinajstić information content (AvgIpc) is 2.52. The molecule has 3 rings (SSSR count). The van der Waals surface area contributed by atoms with Crippen molar-refractivity contribution in [1.82, 2.24) is 4.90 Å². The third-order valence-electron chi connectivity index (χ3n) is 4.66. The summed E-state index contributed by atoms with van der Waals surface area (Å²) in [6, 6.07) is 8.04. The molecule has 3 heteroatoms. The van der Waals surface area contributed by atoms with E-state index in [2.05, 4.69) is 18.0 Å². The minimum atomic E-state index is -0.810. The molecule has 0 unspecified atom stereocenters. The first-order valence-corrected chi connectivity index (χ1v) is 7.84. The number of nitrogens with zero attached hydrogens (tertiary/aromatic N) is 1. The standard InChI is InChI=1S/C16H19NO2.C2H6/c1-17-10-8-16(9-11-17)7-6-13(15(18)19)12-4-2-3-5-14(12)16;1-2/h2-6H,7-11H2,1H3,(H,18,19);1-2H3. The molecule has 2 aliphatic rings. The van der Waals surface area contributed by atoms with E-state index in [1.807, 2.05) is 38.1 Å². The Morgan fingerprint density at radius 2 is 1.81 bits per heavy atom.